The molecule has 2 aliphatic rings. The van der Waals surface area contributed by atoms with Crippen molar-refractivity contribution in [1.82, 2.24) is 10.2 Å². The zero-order valence-electron chi connectivity index (χ0n) is 10.4. The Morgan fingerprint density at radius 1 is 1.33 bits per heavy atom. The first-order chi connectivity index (χ1) is 8.66. The fourth-order valence-electron chi connectivity index (χ4n) is 2.43. The molecule has 0 saturated carbocycles. The number of hydrogen-bond donors (Lipinski definition) is 2. The van der Waals surface area contributed by atoms with E-state index in [9.17, 15) is 9.59 Å². The van der Waals surface area contributed by atoms with Gasteiger partial charge in [0.2, 0.25) is 0 Å². The Hall–Kier alpha value is -0.910. The molecule has 2 fully saturated rings. The van der Waals surface area contributed by atoms with Crippen LogP contribution in [-0.4, -0.2) is 52.6 Å². The van der Waals surface area contributed by atoms with Crippen molar-refractivity contribution in [2.75, 3.05) is 25.4 Å². The number of thioether (sulfide) groups is 1. The molecule has 0 aromatic carbocycles. The molecule has 2 heterocycles. The van der Waals surface area contributed by atoms with Crippen LogP contribution < -0.4 is 5.32 Å². The number of carbonyl (C=O) groups is 2. The molecule has 0 aromatic rings. The van der Waals surface area contributed by atoms with Gasteiger partial charge in [-0.3, -0.25) is 4.79 Å². The fraction of sp³-hybridized carbons (Fsp3) is 0.833. The van der Waals surface area contributed by atoms with E-state index in [0.29, 0.717) is 31.3 Å². The molecule has 2 atom stereocenters. The number of urea groups is 1. The molecule has 2 N–H and O–H groups in total. The summed E-state index contributed by atoms with van der Waals surface area (Å²) in [6.07, 6.45) is 4.27. The second-order valence-corrected chi connectivity index (χ2v) is 6.35. The first-order valence-electron chi connectivity index (χ1n) is 6.54. The third-order valence-electron chi connectivity index (χ3n) is 3.58. The Morgan fingerprint density at radius 3 is 2.78 bits per heavy atom. The summed E-state index contributed by atoms with van der Waals surface area (Å²) >= 11 is 1.93. The lowest BCUT2D eigenvalue weighted by Gasteiger charge is -2.23. The third-order valence-corrected chi connectivity index (χ3v) is 4.98. The van der Waals surface area contributed by atoms with Crippen LogP contribution in [0.25, 0.3) is 0 Å². The largest absolute Gasteiger partial charge is 0.481 e. The Morgan fingerprint density at radius 2 is 2.17 bits per heavy atom. The van der Waals surface area contributed by atoms with Gasteiger partial charge in [0.05, 0.1) is 5.92 Å². The smallest absolute Gasteiger partial charge is 0.317 e. The lowest BCUT2D eigenvalue weighted by Crippen LogP contribution is -2.41. The number of amides is 2. The van der Waals surface area contributed by atoms with E-state index < -0.39 is 5.97 Å². The van der Waals surface area contributed by atoms with Crippen LogP contribution in [0.2, 0.25) is 0 Å². The predicted molar refractivity (Wildman–Crippen MR) is 70.8 cm³/mol. The highest BCUT2D eigenvalue weighted by Gasteiger charge is 2.30. The Balaban J connectivity index is 1.70. The van der Waals surface area contributed by atoms with Crippen molar-refractivity contribution in [3.05, 3.63) is 0 Å². The van der Waals surface area contributed by atoms with Gasteiger partial charge in [0.25, 0.3) is 0 Å². The van der Waals surface area contributed by atoms with Gasteiger partial charge in [0.15, 0.2) is 0 Å². The van der Waals surface area contributed by atoms with E-state index in [2.05, 4.69) is 5.32 Å². The van der Waals surface area contributed by atoms with E-state index in [1.807, 2.05) is 11.8 Å². The van der Waals surface area contributed by atoms with Crippen LogP contribution in [0.3, 0.4) is 0 Å². The first kappa shape index (κ1) is 13.5. The van der Waals surface area contributed by atoms with Gasteiger partial charge in [-0.05, 0) is 25.0 Å². The van der Waals surface area contributed by atoms with Crippen LogP contribution in [0.1, 0.15) is 25.7 Å². The summed E-state index contributed by atoms with van der Waals surface area (Å²) in [6.45, 7) is 1.61. The van der Waals surface area contributed by atoms with Crippen LogP contribution in [0.15, 0.2) is 0 Å². The average molecular weight is 272 g/mol. The maximum Gasteiger partial charge on any atom is 0.317 e. The number of carboxylic acid groups (broad SMARTS) is 1. The summed E-state index contributed by atoms with van der Waals surface area (Å²) in [6, 6.07) is -0.107. The highest BCUT2D eigenvalue weighted by molar-refractivity contribution is 7.99. The molecule has 0 spiro atoms. The van der Waals surface area contributed by atoms with Crippen molar-refractivity contribution in [3.63, 3.8) is 0 Å². The summed E-state index contributed by atoms with van der Waals surface area (Å²) in [7, 11) is 0. The monoisotopic (exact) mass is 272 g/mol. The van der Waals surface area contributed by atoms with E-state index in [1.54, 1.807) is 4.90 Å². The van der Waals surface area contributed by atoms with Gasteiger partial charge in [-0.15, -0.1) is 0 Å². The van der Waals surface area contributed by atoms with Crippen LogP contribution >= 0.6 is 11.8 Å². The maximum atomic E-state index is 11.9. The molecule has 102 valence electrons. The van der Waals surface area contributed by atoms with Crippen molar-refractivity contribution < 1.29 is 14.7 Å². The molecule has 0 aliphatic carbocycles. The van der Waals surface area contributed by atoms with Crippen molar-refractivity contribution >= 4 is 23.8 Å². The highest BCUT2D eigenvalue weighted by atomic mass is 32.2. The van der Waals surface area contributed by atoms with E-state index in [0.717, 1.165) is 0 Å². The van der Waals surface area contributed by atoms with Gasteiger partial charge in [-0.1, -0.05) is 6.42 Å². The molecule has 2 rings (SSSR count). The molecule has 0 radical (unpaired) electrons. The van der Waals surface area contributed by atoms with Crippen LogP contribution in [0.5, 0.6) is 0 Å². The minimum atomic E-state index is -0.798. The number of rotatable bonds is 3. The maximum absolute atomic E-state index is 11.9. The van der Waals surface area contributed by atoms with Gasteiger partial charge in [-0.2, -0.15) is 11.8 Å². The van der Waals surface area contributed by atoms with Crippen LogP contribution in [0, 0.1) is 5.92 Å². The molecule has 2 aliphatic heterocycles. The molecule has 2 unspecified atom stereocenters. The fourth-order valence-corrected chi connectivity index (χ4v) is 3.67. The van der Waals surface area contributed by atoms with E-state index >= 15 is 0 Å². The molecule has 2 saturated heterocycles. The molecular formula is C12H20N2O3S. The second kappa shape index (κ2) is 6.31. The normalized spacial score (nSPS) is 28.1. The van der Waals surface area contributed by atoms with E-state index in [-0.39, 0.29) is 11.9 Å². The Kier molecular flexibility index (Phi) is 4.74. The number of carbonyl (C=O) groups excluding carboxylic acids is 1. The number of carboxylic acids is 1. The van der Waals surface area contributed by atoms with Gasteiger partial charge in [0, 0.05) is 24.9 Å². The summed E-state index contributed by atoms with van der Waals surface area (Å²) in [5, 5.41) is 12.3. The summed E-state index contributed by atoms with van der Waals surface area (Å²) < 4.78 is 0. The molecule has 6 heteroatoms. The lowest BCUT2D eigenvalue weighted by atomic mass is 10.1. The number of nitrogens with zero attached hydrogens (tertiary/aromatic N) is 1. The SMILES string of the molecule is O=C(O)C1CCN(C(=O)NCC2CCCCS2)C1. The van der Waals surface area contributed by atoms with E-state index in [1.165, 1.54) is 25.0 Å². The summed E-state index contributed by atoms with van der Waals surface area (Å²) in [5.41, 5.74) is 0. The summed E-state index contributed by atoms with van der Waals surface area (Å²) in [5.74, 6) is -0.00124. The number of nitrogens with one attached hydrogen (secondary N) is 1. The molecule has 18 heavy (non-hydrogen) atoms. The molecule has 5 nitrogen and oxygen atoms in total. The molecule has 0 aromatic heterocycles. The quantitative estimate of drug-likeness (QED) is 0.814. The van der Waals surface area contributed by atoms with Gasteiger partial charge < -0.3 is 15.3 Å². The predicted octanol–water partition coefficient (Wildman–Crippen LogP) is 1.39. The minimum Gasteiger partial charge on any atom is -0.481 e. The zero-order valence-corrected chi connectivity index (χ0v) is 11.2. The average Bonchev–Trinajstić information content (AvgIpc) is 2.87. The third kappa shape index (κ3) is 3.54. The molecule has 0 bridgehead atoms. The van der Waals surface area contributed by atoms with E-state index in [4.69, 9.17) is 5.11 Å². The minimum absolute atomic E-state index is 0.107. The molecule has 2 amide bonds. The van der Waals surface area contributed by atoms with Gasteiger partial charge in [0.1, 0.15) is 0 Å². The lowest BCUT2D eigenvalue weighted by molar-refractivity contribution is -0.141. The second-order valence-electron chi connectivity index (χ2n) is 4.94. The zero-order chi connectivity index (χ0) is 13.0. The number of likely N-dealkylation sites (tertiary alicyclic amines) is 1. The van der Waals surface area contributed by atoms with Gasteiger partial charge >= 0.3 is 12.0 Å². The van der Waals surface area contributed by atoms with Crippen molar-refractivity contribution in [2.45, 2.75) is 30.9 Å². The van der Waals surface area contributed by atoms with Crippen LogP contribution in [-0.2, 0) is 4.79 Å². The van der Waals surface area contributed by atoms with Crippen LogP contribution in [0.4, 0.5) is 4.79 Å². The number of aliphatic carboxylic acids is 1. The van der Waals surface area contributed by atoms with Crippen molar-refractivity contribution in [2.24, 2.45) is 5.92 Å². The Labute approximate surface area is 111 Å². The Bertz CT molecular complexity index is 318. The molecular weight excluding hydrogens is 252 g/mol. The standard InChI is InChI=1S/C12H20N2O3S/c15-11(16)9-4-5-14(8-9)12(17)13-7-10-3-1-2-6-18-10/h9-10H,1-8H2,(H,13,17)(H,15,16). The van der Waals surface area contributed by atoms with Gasteiger partial charge in [-0.25, -0.2) is 4.79 Å². The topological polar surface area (TPSA) is 69.6 Å². The van der Waals surface area contributed by atoms with Crippen molar-refractivity contribution in [3.8, 4) is 0 Å². The first-order valence-corrected chi connectivity index (χ1v) is 7.59. The number of hydrogen-bond acceptors (Lipinski definition) is 3. The highest BCUT2D eigenvalue weighted by Crippen LogP contribution is 2.24. The van der Waals surface area contributed by atoms with Crippen molar-refractivity contribution in [1.29, 1.82) is 0 Å². The summed E-state index contributed by atoms with van der Waals surface area (Å²) in [4.78, 5) is 24.3.